The van der Waals surface area contributed by atoms with Crippen LogP contribution in [0.15, 0.2) is 66.7 Å². The van der Waals surface area contributed by atoms with Gasteiger partial charge in [0.1, 0.15) is 11.8 Å². The number of nitrogens with one attached hydrogen (secondary N) is 1. The first-order valence-corrected chi connectivity index (χ1v) is 7.87. The largest absolute Gasteiger partial charge is 0.478 e. The van der Waals surface area contributed by atoms with Crippen LogP contribution in [0.3, 0.4) is 0 Å². The second-order valence-corrected chi connectivity index (χ2v) is 5.81. The van der Waals surface area contributed by atoms with Gasteiger partial charge in [0.05, 0.1) is 0 Å². The zero-order chi connectivity index (χ0) is 16.9. The molecule has 0 aliphatic carbocycles. The molecule has 0 unspecified atom stereocenters. The fraction of sp³-hybridized carbons (Fsp3) is 0.211. The zero-order valence-corrected chi connectivity index (χ0v) is 13.8. The Hall–Kier alpha value is -2.63. The summed E-state index contributed by atoms with van der Waals surface area (Å²) in [6.45, 7) is 0. The molecule has 5 heteroatoms. The van der Waals surface area contributed by atoms with Gasteiger partial charge in [-0.15, -0.1) is 0 Å². The Kier molecular flexibility index (Phi) is 4.93. The number of amides is 1. The summed E-state index contributed by atoms with van der Waals surface area (Å²) in [4.78, 5) is 12.4. The van der Waals surface area contributed by atoms with Crippen LogP contribution >= 0.6 is 0 Å². The van der Waals surface area contributed by atoms with Crippen LogP contribution in [0.1, 0.15) is 5.56 Å². The van der Waals surface area contributed by atoms with Crippen molar-refractivity contribution in [3.63, 3.8) is 0 Å². The standard InChI is InChI=1S/C19H21N3O2/c1-21(2)20-22-17(14-13-15-9-5-3-6-10-15)18(19(22)23)24-16-11-7-4-8-12-16/h3-14,17-18,20H,1-2H3/b14-13+/t17-,18+/m1/s1. The summed E-state index contributed by atoms with van der Waals surface area (Å²) >= 11 is 0. The van der Waals surface area contributed by atoms with Crippen molar-refractivity contribution in [2.24, 2.45) is 0 Å². The number of hydrazine groups is 2. The van der Waals surface area contributed by atoms with Gasteiger partial charge >= 0.3 is 0 Å². The van der Waals surface area contributed by atoms with Crippen molar-refractivity contribution in [1.82, 2.24) is 15.6 Å². The molecule has 1 saturated heterocycles. The van der Waals surface area contributed by atoms with Gasteiger partial charge in [0.2, 0.25) is 6.10 Å². The molecule has 0 saturated carbocycles. The fourth-order valence-electron chi connectivity index (χ4n) is 2.54. The van der Waals surface area contributed by atoms with Gasteiger partial charge in [-0.3, -0.25) is 4.79 Å². The average molecular weight is 323 g/mol. The van der Waals surface area contributed by atoms with Crippen molar-refractivity contribution in [2.45, 2.75) is 12.1 Å². The van der Waals surface area contributed by atoms with Gasteiger partial charge in [-0.1, -0.05) is 60.7 Å². The van der Waals surface area contributed by atoms with E-state index in [4.69, 9.17) is 4.74 Å². The number of carbonyl (C=O) groups excluding carboxylic acids is 1. The third-order valence-electron chi connectivity index (χ3n) is 3.69. The molecule has 24 heavy (non-hydrogen) atoms. The van der Waals surface area contributed by atoms with E-state index >= 15 is 0 Å². The molecular formula is C19H21N3O2. The van der Waals surface area contributed by atoms with E-state index in [1.165, 1.54) is 0 Å². The predicted molar refractivity (Wildman–Crippen MR) is 93.8 cm³/mol. The van der Waals surface area contributed by atoms with Crippen molar-refractivity contribution in [1.29, 1.82) is 0 Å². The second-order valence-electron chi connectivity index (χ2n) is 5.81. The van der Waals surface area contributed by atoms with Crippen molar-refractivity contribution in [3.05, 3.63) is 72.3 Å². The van der Waals surface area contributed by atoms with Crippen LogP contribution in [-0.4, -0.2) is 42.2 Å². The van der Waals surface area contributed by atoms with E-state index in [1.54, 1.807) is 10.0 Å². The number of hydrogen-bond acceptors (Lipinski definition) is 4. The molecule has 1 N–H and O–H groups in total. The van der Waals surface area contributed by atoms with Crippen molar-refractivity contribution < 1.29 is 9.53 Å². The second kappa shape index (κ2) is 7.29. The Balaban J connectivity index is 1.76. The number of para-hydroxylation sites is 1. The van der Waals surface area contributed by atoms with Gasteiger partial charge in [-0.25, -0.2) is 10.0 Å². The molecular weight excluding hydrogens is 302 g/mol. The summed E-state index contributed by atoms with van der Waals surface area (Å²) in [7, 11) is 3.69. The molecule has 0 bridgehead atoms. The maximum absolute atomic E-state index is 12.4. The molecule has 2 atom stereocenters. The van der Waals surface area contributed by atoms with Crippen LogP contribution in [0, 0.1) is 0 Å². The van der Waals surface area contributed by atoms with E-state index in [-0.39, 0.29) is 11.9 Å². The third-order valence-corrected chi connectivity index (χ3v) is 3.69. The Morgan fingerprint density at radius 1 is 1.04 bits per heavy atom. The molecule has 1 aliphatic heterocycles. The monoisotopic (exact) mass is 323 g/mol. The van der Waals surface area contributed by atoms with E-state index in [2.05, 4.69) is 5.53 Å². The molecule has 2 aromatic carbocycles. The van der Waals surface area contributed by atoms with E-state index in [9.17, 15) is 4.79 Å². The molecule has 0 radical (unpaired) electrons. The molecule has 1 heterocycles. The predicted octanol–water partition coefficient (Wildman–Crippen LogP) is 2.34. The minimum Gasteiger partial charge on any atom is -0.478 e. The highest BCUT2D eigenvalue weighted by molar-refractivity contribution is 5.89. The van der Waals surface area contributed by atoms with E-state index < -0.39 is 6.10 Å². The first kappa shape index (κ1) is 16.2. The van der Waals surface area contributed by atoms with Gasteiger partial charge in [0.25, 0.3) is 5.91 Å². The summed E-state index contributed by atoms with van der Waals surface area (Å²) in [5.74, 6) is 0.605. The van der Waals surface area contributed by atoms with Gasteiger partial charge in [0.15, 0.2) is 0 Å². The average Bonchev–Trinajstić information content (AvgIpc) is 2.61. The van der Waals surface area contributed by atoms with Crippen molar-refractivity contribution in [3.8, 4) is 5.75 Å². The smallest absolute Gasteiger partial charge is 0.282 e. The van der Waals surface area contributed by atoms with Crippen LogP contribution in [0.2, 0.25) is 0 Å². The Bertz CT molecular complexity index is 701. The van der Waals surface area contributed by atoms with Crippen molar-refractivity contribution in [2.75, 3.05) is 14.1 Å². The molecule has 0 spiro atoms. The van der Waals surface area contributed by atoms with Gasteiger partial charge < -0.3 is 4.74 Å². The first-order chi connectivity index (χ1) is 11.6. The molecule has 5 nitrogen and oxygen atoms in total. The van der Waals surface area contributed by atoms with E-state index in [0.717, 1.165) is 5.56 Å². The van der Waals surface area contributed by atoms with E-state index in [1.807, 2.05) is 86.9 Å². The fourth-order valence-corrected chi connectivity index (χ4v) is 2.54. The number of nitrogens with zero attached hydrogens (tertiary/aromatic N) is 2. The molecule has 1 fully saturated rings. The first-order valence-electron chi connectivity index (χ1n) is 7.87. The maximum Gasteiger partial charge on any atom is 0.282 e. The van der Waals surface area contributed by atoms with Gasteiger partial charge in [-0.2, -0.15) is 5.53 Å². The lowest BCUT2D eigenvalue weighted by Gasteiger charge is -2.45. The maximum atomic E-state index is 12.4. The Labute approximate surface area is 142 Å². The van der Waals surface area contributed by atoms with Crippen molar-refractivity contribution >= 4 is 12.0 Å². The molecule has 124 valence electrons. The molecule has 1 amide bonds. The normalized spacial score (nSPS) is 20.5. The highest BCUT2D eigenvalue weighted by atomic mass is 16.5. The molecule has 0 aromatic heterocycles. The Morgan fingerprint density at radius 3 is 2.29 bits per heavy atom. The van der Waals surface area contributed by atoms with Crippen LogP contribution in [0.5, 0.6) is 5.75 Å². The quantitative estimate of drug-likeness (QED) is 0.655. The number of hydrogen-bond donors (Lipinski definition) is 1. The number of benzene rings is 2. The van der Waals surface area contributed by atoms with Crippen LogP contribution in [0.25, 0.3) is 6.08 Å². The zero-order valence-electron chi connectivity index (χ0n) is 13.8. The topological polar surface area (TPSA) is 44.8 Å². The van der Waals surface area contributed by atoms with Crippen LogP contribution in [0.4, 0.5) is 0 Å². The highest BCUT2D eigenvalue weighted by Crippen LogP contribution is 2.25. The number of β-lactam (4-membered cyclic amide) rings is 1. The Morgan fingerprint density at radius 2 is 1.67 bits per heavy atom. The van der Waals surface area contributed by atoms with Crippen LogP contribution < -0.4 is 10.3 Å². The highest BCUT2D eigenvalue weighted by Gasteiger charge is 2.48. The minimum absolute atomic E-state index is 0.0877. The van der Waals surface area contributed by atoms with Gasteiger partial charge in [-0.05, 0) is 17.7 Å². The lowest BCUT2D eigenvalue weighted by atomic mass is 9.99. The summed E-state index contributed by atoms with van der Waals surface area (Å²) in [5, 5.41) is 3.31. The number of rotatable bonds is 6. The molecule has 1 aliphatic rings. The number of carbonyl (C=O) groups is 1. The number of ether oxygens (including phenoxy) is 1. The minimum atomic E-state index is -0.528. The third kappa shape index (κ3) is 3.64. The van der Waals surface area contributed by atoms with E-state index in [0.29, 0.717) is 5.75 Å². The SMILES string of the molecule is CN(C)NN1C(=O)[C@@H](Oc2ccccc2)[C@H]1/C=C/c1ccccc1. The molecule has 3 rings (SSSR count). The summed E-state index contributed by atoms with van der Waals surface area (Å²) in [6.07, 6.45) is 3.46. The lowest BCUT2D eigenvalue weighted by molar-refractivity contribution is -0.173. The summed E-state index contributed by atoms with van der Waals surface area (Å²) in [5.41, 5.74) is 4.10. The summed E-state index contributed by atoms with van der Waals surface area (Å²) in [6, 6.07) is 19.2. The van der Waals surface area contributed by atoms with Gasteiger partial charge in [0, 0.05) is 14.1 Å². The van der Waals surface area contributed by atoms with Crippen LogP contribution in [-0.2, 0) is 4.79 Å². The molecule has 2 aromatic rings. The lowest BCUT2D eigenvalue weighted by Crippen LogP contribution is -2.72. The summed E-state index contributed by atoms with van der Waals surface area (Å²) < 4.78 is 5.87.